The lowest BCUT2D eigenvalue weighted by Crippen LogP contribution is -2.31. The lowest BCUT2D eigenvalue weighted by Gasteiger charge is -2.21. The zero-order valence-electron chi connectivity index (χ0n) is 12.0. The number of hydrogen-bond donors (Lipinski definition) is 1. The number of aliphatic hydroxyl groups is 1. The Morgan fingerprint density at radius 1 is 1.27 bits per heavy atom. The topological polar surface area (TPSA) is 62.7 Å². The molecule has 1 aromatic carbocycles. The number of aromatic nitrogens is 1. The standard InChI is InChI=1S/C15H14Cl2N2O3/c1-19(12-3-4-13(22-2)18-8-12)15(21)14(20)9-5-10(16)7-11(17)6-9/h3-8,14,20H,1-2H3. The van der Waals surface area contributed by atoms with Gasteiger partial charge in [0.25, 0.3) is 5.91 Å². The highest BCUT2D eigenvalue weighted by Gasteiger charge is 2.23. The monoisotopic (exact) mass is 340 g/mol. The third-order valence-electron chi connectivity index (χ3n) is 3.08. The minimum absolute atomic E-state index is 0.329. The smallest absolute Gasteiger partial charge is 0.260 e. The molecule has 1 aromatic heterocycles. The molecule has 0 aliphatic rings. The van der Waals surface area contributed by atoms with Crippen LogP contribution in [0.25, 0.3) is 0 Å². The van der Waals surface area contributed by atoms with E-state index in [0.717, 1.165) is 0 Å². The van der Waals surface area contributed by atoms with Crippen molar-refractivity contribution >= 4 is 34.8 Å². The van der Waals surface area contributed by atoms with E-state index in [9.17, 15) is 9.90 Å². The molecule has 0 aliphatic heterocycles. The van der Waals surface area contributed by atoms with Crippen LogP contribution in [0.5, 0.6) is 5.88 Å². The van der Waals surface area contributed by atoms with Crippen molar-refractivity contribution in [3.63, 3.8) is 0 Å². The van der Waals surface area contributed by atoms with E-state index in [-0.39, 0.29) is 0 Å². The van der Waals surface area contributed by atoms with Crippen molar-refractivity contribution in [3.8, 4) is 5.88 Å². The van der Waals surface area contributed by atoms with Gasteiger partial charge in [0, 0.05) is 23.2 Å². The van der Waals surface area contributed by atoms with E-state index in [1.54, 1.807) is 19.2 Å². The average molecular weight is 341 g/mol. The van der Waals surface area contributed by atoms with Gasteiger partial charge in [0.1, 0.15) is 0 Å². The molecular weight excluding hydrogens is 327 g/mol. The molecule has 0 bridgehead atoms. The SMILES string of the molecule is COc1ccc(N(C)C(=O)C(O)c2cc(Cl)cc(Cl)c2)cn1. The van der Waals surface area contributed by atoms with Gasteiger partial charge >= 0.3 is 0 Å². The quantitative estimate of drug-likeness (QED) is 0.928. The lowest BCUT2D eigenvalue weighted by atomic mass is 10.1. The zero-order chi connectivity index (χ0) is 16.3. The number of ether oxygens (including phenoxy) is 1. The Labute approximate surface area is 138 Å². The number of rotatable bonds is 4. The third-order valence-corrected chi connectivity index (χ3v) is 3.52. The minimum atomic E-state index is -1.37. The Morgan fingerprint density at radius 2 is 1.91 bits per heavy atom. The molecule has 2 rings (SSSR count). The normalized spacial score (nSPS) is 11.9. The highest BCUT2D eigenvalue weighted by Crippen LogP contribution is 2.26. The van der Waals surface area contributed by atoms with E-state index in [4.69, 9.17) is 27.9 Å². The molecule has 0 saturated carbocycles. The van der Waals surface area contributed by atoms with Crippen LogP contribution in [0.1, 0.15) is 11.7 Å². The number of halogens is 2. The van der Waals surface area contributed by atoms with Crippen molar-refractivity contribution in [2.75, 3.05) is 19.1 Å². The minimum Gasteiger partial charge on any atom is -0.481 e. The molecule has 7 heteroatoms. The summed E-state index contributed by atoms with van der Waals surface area (Å²) in [5.41, 5.74) is 0.855. The van der Waals surface area contributed by atoms with E-state index >= 15 is 0 Å². The van der Waals surface area contributed by atoms with Crippen LogP contribution in [0.15, 0.2) is 36.5 Å². The molecule has 1 N–H and O–H groups in total. The number of hydrogen-bond acceptors (Lipinski definition) is 4. The van der Waals surface area contributed by atoms with Gasteiger partial charge in [-0.05, 0) is 29.8 Å². The summed E-state index contributed by atoms with van der Waals surface area (Å²) >= 11 is 11.8. The van der Waals surface area contributed by atoms with Crippen LogP contribution in [-0.4, -0.2) is 30.2 Å². The maximum atomic E-state index is 12.4. The maximum absolute atomic E-state index is 12.4. The summed E-state index contributed by atoms with van der Waals surface area (Å²) in [5.74, 6) is -0.0860. The summed E-state index contributed by atoms with van der Waals surface area (Å²) in [5, 5.41) is 10.9. The summed E-state index contributed by atoms with van der Waals surface area (Å²) in [6.45, 7) is 0. The first-order chi connectivity index (χ1) is 10.4. The number of pyridine rings is 1. The molecule has 0 spiro atoms. The summed E-state index contributed by atoms with van der Waals surface area (Å²) < 4.78 is 4.96. The van der Waals surface area contributed by atoms with Crippen molar-refractivity contribution in [2.45, 2.75) is 6.10 Å². The number of nitrogens with zero attached hydrogens (tertiary/aromatic N) is 2. The summed E-state index contributed by atoms with van der Waals surface area (Å²) in [6.07, 6.45) is 0.109. The number of anilines is 1. The van der Waals surface area contributed by atoms with Gasteiger partial charge in [-0.2, -0.15) is 0 Å². The molecule has 0 aliphatic carbocycles. The zero-order valence-corrected chi connectivity index (χ0v) is 13.5. The van der Waals surface area contributed by atoms with E-state index in [1.807, 2.05) is 0 Å². The van der Waals surface area contributed by atoms with E-state index < -0.39 is 12.0 Å². The number of methoxy groups -OCH3 is 1. The second kappa shape index (κ2) is 6.96. The molecule has 0 saturated heterocycles. The average Bonchev–Trinajstić information content (AvgIpc) is 2.52. The van der Waals surface area contributed by atoms with E-state index in [2.05, 4.69) is 4.98 Å². The van der Waals surface area contributed by atoms with Crippen LogP contribution in [0.4, 0.5) is 5.69 Å². The second-order valence-electron chi connectivity index (χ2n) is 4.56. The number of likely N-dealkylation sites (N-methyl/N-ethyl adjacent to an activating group) is 1. The predicted octanol–water partition coefficient (Wildman–Crippen LogP) is 3.09. The molecular formula is C15H14Cl2N2O3. The molecule has 5 nitrogen and oxygen atoms in total. The summed E-state index contributed by atoms with van der Waals surface area (Å²) in [4.78, 5) is 17.7. The number of carbonyl (C=O) groups excluding carboxylic acids is 1. The van der Waals surface area contributed by atoms with Gasteiger partial charge in [-0.25, -0.2) is 4.98 Å². The maximum Gasteiger partial charge on any atom is 0.260 e. The number of aliphatic hydroxyl groups excluding tert-OH is 1. The molecule has 1 unspecified atom stereocenters. The Bertz CT molecular complexity index is 657. The fourth-order valence-electron chi connectivity index (χ4n) is 1.88. The van der Waals surface area contributed by atoms with Crippen LogP contribution < -0.4 is 9.64 Å². The van der Waals surface area contributed by atoms with Gasteiger partial charge in [0.15, 0.2) is 6.10 Å². The van der Waals surface area contributed by atoms with Crippen molar-refractivity contribution in [1.29, 1.82) is 0 Å². The fraction of sp³-hybridized carbons (Fsp3) is 0.200. The molecule has 22 heavy (non-hydrogen) atoms. The molecule has 1 amide bonds. The Hall–Kier alpha value is -1.82. The molecule has 1 atom stereocenters. The van der Waals surface area contributed by atoms with Crippen LogP contribution in [0, 0.1) is 0 Å². The van der Waals surface area contributed by atoms with Gasteiger partial charge in [0.2, 0.25) is 5.88 Å². The van der Waals surface area contributed by atoms with Crippen molar-refractivity contribution in [2.24, 2.45) is 0 Å². The van der Waals surface area contributed by atoms with Crippen molar-refractivity contribution in [3.05, 3.63) is 52.1 Å². The van der Waals surface area contributed by atoms with Gasteiger partial charge in [-0.3, -0.25) is 4.79 Å². The number of benzene rings is 1. The van der Waals surface area contributed by atoms with Gasteiger partial charge in [-0.1, -0.05) is 23.2 Å². The molecule has 116 valence electrons. The van der Waals surface area contributed by atoms with E-state index in [1.165, 1.54) is 36.4 Å². The van der Waals surface area contributed by atoms with Crippen molar-refractivity contribution in [1.82, 2.24) is 4.98 Å². The lowest BCUT2D eigenvalue weighted by molar-refractivity contribution is -0.126. The third kappa shape index (κ3) is 3.68. The first-order valence-corrected chi connectivity index (χ1v) is 7.09. The Balaban J connectivity index is 2.21. The van der Waals surface area contributed by atoms with E-state index in [0.29, 0.717) is 27.2 Å². The Kier molecular flexibility index (Phi) is 5.24. The van der Waals surface area contributed by atoms with Gasteiger partial charge in [0.05, 0.1) is 19.0 Å². The highest BCUT2D eigenvalue weighted by molar-refractivity contribution is 6.34. The van der Waals surface area contributed by atoms with Crippen LogP contribution in [-0.2, 0) is 4.79 Å². The number of carbonyl (C=O) groups is 1. The molecule has 2 aromatic rings. The number of amides is 1. The summed E-state index contributed by atoms with van der Waals surface area (Å²) in [6, 6.07) is 7.82. The fourth-order valence-corrected chi connectivity index (χ4v) is 2.42. The molecule has 0 fully saturated rings. The highest BCUT2D eigenvalue weighted by atomic mass is 35.5. The largest absolute Gasteiger partial charge is 0.481 e. The predicted molar refractivity (Wildman–Crippen MR) is 85.6 cm³/mol. The first-order valence-electron chi connectivity index (χ1n) is 6.34. The van der Waals surface area contributed by atoms with Crippen LogP contribution in [0.3, 0.4) is 0 Å². The second-order valence-corrected chi connectivity index (χ2v) is 5.43. The Morgan fingerprint density at radius 3 is 2.41 bits per heavy atom. The van der Waals surface area contributed by atoms with Gasteiger partial charge < -0.3 is 14.7 Å². The first kappa shape index (κ1) is 16.5. The molecule has 1 heterocycles. The van der Waals surface area contributed by atoms with Crippen molar-refractivity contribution < 1.29 is 14.6 Å². The van der Waals surface area contributed by atoms with Gasteiger partial charge in [-0.15, -0.1) is 0 Å². The summed E-state index contributed by atoms with van der Waals surface area (Å²) in [7, 11) is 3.05. The van der Waals surface area contributed by atoms with Crippen LogP contribution >= 0.6 is 23.2 Å². The molecule has 0 radical (unpaired) electrons. The van der Waals surface area contributed by atoms with Crippen LogP contribution in [0.2, 0.25) is 10.0 Å².